The second-order valence-electron chi connectivity index (χ2n) is 5.97. The van der Waals surface area contributed by atoms with Crippen molar-refractivity contribution in [2.45, 2.75) is 19.9 Å². The van der Waals surface area contributed by atoms with E-state index in [1.807, 2.05) is 31.2 Å². The molecular weight excluding hydrogens is 330 g/mol. The van der Waals surface area contributed by atoms with Gasteiger partial charge in [0.15, 0.2) is 5.82 Å². The monoisotopic (exact) mass is 349 g/mol. The molecule has 7 nitrogen and oxygen atoms in total. The van der Waals surface area contributed by atoms with Crippen LogP contribution in [0.15, 0.2) is 54.9 Å². The fraction of sp³-hybridized carbons (Fsp3) is 0.158. The van der Waals surface area contributed by atoms with Crippen molar-refractivity contribution in [2.24, 2.45) is 0 Å². The summed E-state index contributed by atoms with van der Waals surface area (Å²) < 4.78 is 0. The first-order valence-corrected chi connectivity index (χ1v) is 8.17. The number of benzene rings is 2. The third kappa shape index (κ3) is 4.13. The van der Waals surface area contributed by atoms with Gasteiger partial charge in [-0.3, -0.25) is 14.7 Å². The summed E-state index contributed by atoms with van der Waals surface area (Å²) in [5.74, 6) is 0.0806. The number of hydrogen-bond acceptors (Lipinski definition) is 4. The number of amides is 2. The van der Waals surface area contributed by atoms with E-state index in [2.05, 4.69) is 25.8 Å². The van der Waals surface area contributed by atoms with Crippen molar-refractivity contribution in [1.82, 2.24) is 20.5 Å². The standard InChI is InChI=1S/C19H19N5O2/c1-12-4-3-5-15(10-12)19(26)22-13(2)18(25)23-16-8-6-14(7-9-16)17-20-11-21-24-17/h3-11,13H,1-2H3,(H,22,26)(H,23,25)(H,20,21,24)/t13-/m0/s1. The first kappa shape index (κ1) is 17.3. The first-order valence-electron chi connectivity index (χ1n) is 8.17. The van der Waals surface area contributed by atoms with Crippen LogP contribution in [0.2, 0.25) is 0 Å². The van der Waals surface area contributed by atoms with Gasteiger partial charge in [-0.05, 0) is 50.2 Å². The molecule has 0 radical (unpaired) electrons. The van der Waals surface area contributed by atoms with Crippen molar-refractivity contribution >= 4 is 17.5 Å². The third-order valence-electron chi connectivity index (χ3n) is 3.86. The Labute approximate surface area is 150 Å². The minimum atomic E-state index is -0.669. The van der Waals surface area contributed by atoms with Crippen LogP contribution in [0.1, 0.15) is 22.8 Å². The van der Waals surface area contributed by atoms with Crippen LogP contribution in [0.25, 0.3) is 11.4 Å². The number of nitrogens with one attached hydrogen (secondary N) is 3. The molecule has 7 heteroatoms. The molecule has 3 rings (SSSR count). The van der Waals surface area contributed by atoms with E-state index in [1.165, 1.54) is 6.33 Å². The van der Waals surface area contributed by atoms with Gasteiger partial charge in [-0.2, -0.15) is 5.10 Å². The Bertz CT molecular complexity index is 904. The quantitative estimate of drug-likeness (QED) is 0.659. The van der Waals surface area contributed by atoms with Crippen LogP contribution in [0.4, 0.5) is 5.69 Å². The number of aromatic amines is 1. The molecule has 0 unspecified atom stereocenters. The maximum atomic E-state index is 12.3. The molecule has 2 aromatic carbocycles. The molecule has 1 aromatic heterocycles. The van der Waals surface area contributed by atoms with Crippen LogP contribution in [-0.4, -0.2) is 33.0 Å². The number of aromatic nitrogens is 3. The van der Waals surface area contributed by atoms with Gasteiger partial charge in [0, 0.05) is 16.8 Å². The summed E-state index contributed by atoms with van der Waals surface area (Å²) in [7, 11) is 0. The van der Waals surface area contributed by atoms with Gasteiger partial charge in [0.25, 0.3) is 5.91 Å². The minimum absolute atomic E-state index is 0.281. The number of nitrogens with zero attached hydrogens (tertiary/aromatic N) is 2. The molecule has 0 aliphatic carbocycles. The minimum Gasteiger partial charge on any atom is -0.341 e. The van der Waals surface area contributed by atoms with E-state index in [9.17, 15) is 9.59 Å². The number of carbonyl (C=O) groups excluding carboxylic acids is 2. The first-order chi connectivity index (χ1) is 12.5. The normalized spacial score (nSPS) is 11.6. The molecule has 26 heavy (non-hydrogen) atoms. The SMILES string of the molecule is Cc1cccc(C(=O)N[C@@H](C)C(=O)Nc2ccc(-c3ncn[nH]3)cc2)c1. The van der Waals surface area contributed by atoms with Crippen LogP contribution in [0.3, 0.4) is 0 Å². The average molecular weight is 349 g/mol. The summed E-state index contributed by atoms with van der Waals surface area (Å²) >= 11 is 0. The Kier molecular flexibility index (Phi) is 5.07. The fourth-order valence-corrected chi connectivity index (χ4v) is 2.44. The second kappa shape index (κ2) is 7.60. The van der Waals surface area contributed by atoms with Crippen molar-refractivity contribution in [3.63, 3.8) is 0 Å². The molecule has 0 fully saturated rings. The summed E-state index contributed by atoms with van der Waals surface area (Å²) in [5.41, 5.74) is 3.01. The third-order valence-corrected chi connectivity index (χ3v) is 3.86. The lowest BCUT2D eigenvalue weighted by molar-refractivity contribution is -0.117. The lowest BCUT2D eigenvalue weighted by Gasteiger charge is -2.14. The number of H-pyrrole nitrogens is 1. The number of hydrogen-bond donors (Lipinski definition) is 3. The van der Waals surface area contributed by atoms with Crippen molar-refractivity contribution in [3.05, 3.63) is 66.0 Å². The molecule has 0 spiro atoms. The van der Waals surface area contributed by atoms with Gasteiger partial charge in [-0.1, -0.05) is 17.7 Å². The fourth-order valence-electron chi connectivity index (χ4n) is 2.44. The van der Waals surface area contributed by atoms with Crippen LogP contribution in [-0.2, 0) is 4.79 Å². The van der Waals surface area contributed by atoms with E-state index in [1.54, 1.807) is 31.2 Å². The molecule has 1 atom stereocenters. The van der Waals surface area contributed by atoms with E-state index in [4.69, 9.17) is 0 Å². The maximum absolute atomic E-state index is 12.3. The van der Waals surface area contributed by atoms with E-state index < -0.39 is 6.04 Å². The Hall–Kier alpha value is -3.48. The molecule has 2 amide bonds. The van der Waals surface area contributed by atoms with Gasteiger partial charge in [0.1, 0.15) is 12.4 Å². The Morgan fingerprint density at radius 2 is 1.88 bits per heavy atom. The van der Waals surface area contributed by atoms with Gasteiger partial charge < -0.3 is 10.6 Å². The zero-order valence-corrected chi connectivity index (χ0v) is 14.5. The molecule has 0 aliphatic rings. The van der Waals surface area contributed by atoms with E-state index >= 15 is 0 Å². The zero-order chi connectivity index (χ0) is 18.5. The number of anilines is 1. The molecular formula is C19H19N5O2. The Morgan fingerprint density at radius 1 is 1.12 bits per heavy atom. The van der Waals surface area contributed by atoms with Crippen molar-refractivity contribution in [2.75, 3.05) is 5.32 Å². The zero-order valence-electron chi connectivity index (χ0n) is 14.5. The van der Waals surface area contributed by atoms with Crippen LogP contribution in [0.5, 0.6) is 0 Å². The van der Waals surface area contributed by atoms with Crippen molar-refractivity contribution in [1.29, 1.82) is 0 Å². The molecule has 132 valence electrons. The number of carbonyl (C=O) groups is 2. The summed E-state index contributed by atoms with van der Waals surface area (Å²) in [5, 5.41) is 12.1. The highest BCUT2D eigenvalue weighted by Gasteiger charge is 2.17. The van der Waals surface area contributed by atoms with Gasteiger partial charge in [-0.25, -0.2) is 4.98 Å². The summed E-state index contributed by atoms with van der Waals surface area (Å²) in [4.78, 5) is 28.6. The predicted molar refractivity (Wildman–Crippen MR) is 98.6 cm³/mol. The van der Waals surface area contributed by atoms with Gasteiger partial charge in [-0.15, -0.1) is 0 Å². The molecule has 0 aliphatic heterocycles. The number of rotatable bonds is 5. The lowest BCUT2D eigenvalue weighted by Crippen LogP contribution is -2.41. The van der Waals surface area contributed by atoms with Crippen molar-refractivity contribution < 1.29 is 9.59 Å². The highest BCUT2D eigenvalue weighted by Crippen LogP contribution is 2.17. The summed E-state index contributed by atoms with van der Waals surface area (Å²) in [6, 6.07) is 13.7. The molecule has 1 heterocycles. The molecule has 0 saturated heterocycles. The molecule has 0 saturated carbocycles. The topological polar surface area (TPSA) is 99.8 Å². The van der Waals surface area contributed by atoms with Crippen LogP contribution >= 0.6 is 0 Å². The average Bonchev–Trinajstić information content (AvgIpc) is 3.17. The Morgan fingerprint density at radius 3 is 2.54 bits per heavy atom. The highest BCUT2D eigenvalue weighted by molar-refractivity contribution is 6.01. The maximum Gasteiger partial charge on any atom is 0.251 e. The number of aryl methyl sites for hydroxylation is 1. The predicted octanol–water partition coefficient (Wildman–Crippen LogP) is 2.54. The van der Waals surface area contributed by atoms with Crippen molar-refractivity contribution in [3.8, 4) is 11.4 Å². The molecule has 3 N–H and O–H groups in total. The largest absolute Gasteiger partial charge is 0.341 e. The summed E-state index contributed by atoms with van der Waals surface area (Å²) in [6.07, 6.45) is 1.43. The highest BCUT2D eigenvalue weighted by atomic mass is 16.2. The molecule has 3 aromatic rings. The van der Waals surface area contributed by atoms with Gasteiger partial charge in [0.2, 0.25) is 5.91 Å². The smallest absolute Gasteiger partial charge is 0.251 e. The lowest BCUT2D eigenvalue weighted by atomic mass is 10.1. The summed E-state index contributed by atoms with van der Waals surface area (Å²) in [6.45, 7) is 3.56. The molecule has 0 bridgehead atoms. The van der Waals surface area contributed by atoms with Crippen LogP contribution in [0, 0.1) is 6.92 Å². The van der Waals surface area contributed by atoms with Gasteiger partial charge >= 0.3 is 0 Å². The van der Waals surface area contributed by atoms with Gasteiger partial charge in [0.05, 0.1) is 0 Å². The van der Waals surface area contributed by atoms with Crippen LogP contribution < -0.4 is 10.6 Å². The van der Waals surface area contributed by atoms with E-state index in [-0.39, 0.29) is 11.8 Å². The van der Waals surface area contributed by atoms with E-state index in [0.29, 0.717) is 17.1 Å². The second-order valence-corrected chi connectivity index (χ2v) is 5.97. The van der Waals surface area contributed by atoms with E-state index in [0.717, 1.165) is 11.1 Å². The Balaban J connectivity index is 1.59.